The molecule has 0 spiro atoms. The smallest absolute Gasteiger partial charge is 0.113 e. The number of pyridine rings is 1. The molecule has 2 radical (unpaired) electrons. The topological polar surface area (TPSA) is 42.1 Å². The maximum atomic E-state index is 5.91. The zero-order chi connectivity index (χ0) is 9.84. The van der Waals surface area contributed by atoms with E-state index in [4.69, 9.17) is 13.6 Å². The lowest BCUT2D eigenvalue weighted by Gasteiger charge is -2.16. The molecule has 1 unspecified atom stereocenters. The molecule has 0 aliphatic heterocycles. The first-order valence-corrected chi connectivity index (χ1v) is 4.21. The molecular weight excluding hydrogens is 161 g/mol. The van der Waals surface area contributed by atoms with Crippen molar-refractivity contribution in [2.75, 3.05) is 20.6 Å². The first-order valence-electron chi connectivity index (χ1n) is 4.21. The molecule has 1 aromatic rings. The van der Waals surface area contributed by atoms with E-state index >= 15 is 0 Å². The van der Waals surface area contributed by atoms with Gasteiger partial charge in [0.1, 0.15) is 7.85 Å². The first kappa shape index (κ1) is 10.2. The summed E-state index contributed by atoms with van der Waals surface area (Å²) in [6.07, 6.45) is 1.68. The van der Waals surface area contributed by atoms with Crippen molar-refractivity contribution >= 4 is 13.3 Å². The third-order valence-corrected chi connectivity index (χ3v) is 1.75. The van der Waals surface area contributed by atoms with Crippen molar-refractivity contribution in [3.05, 3.63) is 24.0 Å². The average Bonchev–Trinajstić information content (AvgIpc) is 2.03. The molecule has 0 saturated carbocycles. The molecule has 2 N–H and O–H groups in total. The minimum atomic E-state index is -0.0708. The van der Waals surface area contributed by atoms with Crippen LogP contribution >= 0.6 is 0 Å². The molecule has 13 heavy (non-hydrogen) atoms. The zero-order valence-electron chi connectivity index (χ0n) is 8.07. The van der Waals surface area contributed by atoms with E-state index in [-0.39, 0.29) is 6.04 Å². The predicted molar refractivity (Wildman–Crippen MR) is 55.1 cm³/mol. The fraction of sp³-hybridized carbons (Fsp3) is 0.444. The summed E-state index contributed by atoms with van der Waals surface area (Å²) in [5.41, 5.74) is 7.45. The van der Waals surface area contributed by atoms with E-state index < -0.39 is 0 Å². The normalized spacial score (nSPS) is 13.2. The molecule has 0 aliphatic carbocycles. The molecule has 0 saturated heterocycles. The van der Waals surface area contributed by atoms with Gasteiger partial charge in [-0.1, -0.05) is 11.5 Å². The van der Waals surface area contributed by atoms with Gasteiger partial charge in [0.15, 0.2) is 0 Å². The van der Waals surface area contributed by atoms with E-state index in [0.717, 1.165) is 12.2 Å². The number of nitrogens with two attached hydrogens (primary N) is 1. The molecular formula is C9H14BN3. The molecule has 4 heteroatoms. The van der Waals surface area contributed by atoms with Gasteiger partial charge in [0, 0.05) is 12.7 Å². The summed E-state index contributed by atoms with van der Waals surface area (Å²) in [5, 5.41) is 0. The summed E-state index contributed by atoms with van der Waals surface area (Å²) in [7, 11) is 9.57. The van der Waals surface area contributed by atoms with E-state index in [2.05, 4.69) is 4.98 Å². The molecule has 1 heterocycles. The van der Waals surface area contributed by atoms with Gasteiger partial charge in [-0.2, -0.15) is 0 Å². The van der Waals surface area contributed by atoms with Crippen LogP contribution in [0.1, 0.15) is 11.7 Å². The van der Waals surface area contributed by atoms with Crippen LogP contribution in [0, 0.1) is 0 Å². The van der Waals surface area contributed by atoms with Crippen molar-refractivity contribution < 1.29 is 0 Å². The molecule has 0 aliphatic rings. The van der Waals surface area contributed by atoms with Gasteiger partial charge in [0.05, 0.1) is 11.7 Å². The molecule has 1 atom stereocenters. The number of likely N-dealkylation sites (N-methyl/N-ethyl adjacent to an activating group) is 1. The quantitative estimate of drug-likeness (QED) is 0.626. The van der Waals surface area contributed by atoms with Crippen molar-refractivity contribution in [2.24, 2.45) is 5.73 Å². The Morgan fingerprint density at radius 3 is 2.85 bits per heavy atom. The highest BCUT2D eigenvalue weighted by molar-refractivity contribution is 6.32. The molecule has 0 aromatic carbocycles. The maximum absolute atomic E-state index is 5.91. The number of nitrogens with zero attached hydrogens (tertiary/aromatic N) is 2. The maximum Gasteiger partial charge on any atom is 0.113 e. The lowest BCUT2D eigenvalue weighted by atomic mass is 9.96. The Balaban J connectivity index is 2.71. The molecule has 0 bridgehead atoms. The van der Waals surface area contributed by atoms with Gasteiger partial charge >= 0.3 is 0 Å². The Hall–Kier alpha value is -0.865. The fourth-order valence-corrected chi connectivity index (χ4v) is 1.16. The SMILES string of the molecule is [B]c1ccnc(C(N)CN(C)C)c1. The van der Waals surface area contributed by atoms with Crippen LogP contribution in [0.4, 0.5) is 0 Å². The lowest BCUT2D eigenvalue weighted by Crippen LogP contribution is -2.27. The second kappa shape index (κ2) is 4.39. The third kappa shape index (κ3) is 3.16. The third-order valence-electron chi connectivity index (χ3n) is 1.75. The van der Waals surface area contributed by atoms with E-state index in [0.29, 0.717) is 5.46 Å². The van der Waals surface area contributed by atoms with Gasteiger partial charge in [-0.3, -0.25) is 4.98 Å². The number of hydrogen-bond donors (Lipinski definition) is 1. The van der Waals surface area contributed by atoms with E-state index in [9.17, 15) is 0 Å². The zero-order valence-corrected chi connectivity index (χ0v) is 8.07. The molecule has 0 amide bonds. The predicted octanol–water partition coefficient (Wildman–Crippen LogP) is -0.563. The van der Waals surface area contributed by atoms with E-state index in [1.54, 1.807) is 12.3 Å². The van der Waals surface area contributed by atoms with Gasteiger partial charge < -0.3 is 10.6 Å². The van der Waals surface area contributed by atoms with Crippen molar-refractivity contribution in [1.82, 2.24) is 9.88 Å². The van der Waals surface area contributed by atoms with Crippen LogP contribution in [0.3, 0.4) is 0 Å². The molecule has 0 fully saturated rings. The van der Waals surface area contributed by atoms with Crippen LogP contribution in [-0.4, -0.2) is 38.4 Å². The average molecular weight is 175 g/mol. The van der Waals surface area contributed by atoms with Crippen LogP contribution in [0.5, 0.6) is 0 Å². The summed E-state index contributed by atoms with van der Waals surface area (Å²) in [4.78, 5) is 6.18. The minimum absolute atomic E-state index is 0.0708. The summed E-state index contributed by atoms with van der Waals surface area (Å²) >= 11 is 0. The molecule has 3 nitrogen and oxygen atoms in total. The standard InChI is InChI=1S/C9H14BN3/c1-13(2)6-8(11)9-5-7(10)3-4-12-9/h3-5,8H,6,11H2,1-2H3. The summed E-state index contributed by atoms with van der Waals surface area (Å²) in [6, 6.07) is 3.50. The van der Waals surface area contributed by atoms with Crippen LogP contribution in [0.15, 0.2) is 18.3 Å². The van der Waals surface area contributed by atoms with Crippen molar-refractivity contribution in [3.8, 4) is 0 Å². The highest BCUT2D eigenvalue weighted by Crippen LogP contribution is 2.04. The minimum Gasteiger partial charge on any atom is -0.322 e. The van der Waals surface area contributed by atoms with Gasteiger partial charge in [0.2, 0.25) is 0 Å². The van der Waals surface area contributed by atoms with Gasteiger partial charge in [-0.05, 0) is 20.2 Å². The highest BCUT2D eigenvalue weighted by atomic mass is 15.1. The number of hydrogen-bond acceptors (Lipinski definition) is 3. The highest BCUT2D eigenvalue weighted by Gasteiger charge is 2.07. The summed E-state index contributed by atoms with van der Waals surface area (Å²) in [5.74, 6) is 0. The Labute approximate surface area is 80.4 Å². The monoisotopic (exact) mass is 175 g/mol. The fourth-order valence-electron chi connectivity index (χ4n) is 1.16. The van der Waals surface area contributed by atoms with Crippen LogP contribution in [-0.2, 0) is 0 Å². The van der Waals surface area contributed by atoms with Crippen molar-refractivity contribution in [2.45, 2.75) is 6.04 Å². The van der Waals surface area contributed by atoms with Gasteiger partial charge in [-0.25, -0.2) is 0 Å². The Morgan fingerprint density at radius 1 is 1.62 bits per heavy atom. The summed E-state index contributed by atoms with van der Waals surface area (Å²) in [6.45, 7) is 0.774. The van der Waals surface area contributed by atoms with Crippen molar-refractivity contribution in [3.63, 3.8) is 0 Å². The first-order chi connectivity index (χ1) is 6.09. The molecule has 1 aromatic heterocycles. The molecule has 68 valence electrons. The summed E-state index contributed by atoms with van der Waals surface area (Å²) < 4.78 is 0. The Kier molecular flexibility index (Phi) is 3.45. The van der Waals surface area contributed by atoms with Crippen molar-refractivity contribution in [1.29, 1.82) is 0 Å². The van der Waals surface area contributed by atoms with E-state index in [1.807, 2.05) is 25.1 Å². The lowest BCUT2D eigenvalue weighted by molar-refractivity contribution is 0.373. The van der Waals surface area contributed by atoms with Gasteiger partial charge in [0.25, 0.3) is 0 Å². The van der Waals surface area contributed by atoms with Crippen LogP contribution < -0.4 is 11.2 Å². The largest absolute Gasteiger partial charge is 0.322 e. The second-order valence-corrected chi connectivity index (χ2v) is 3.38. The van der Waals surface area contributed by atoms with Crippen LogP contribution in [0.25, 0.3) is 0 Å². The Morgan fingerprint density at radius 2 is 2.31 bits per heavy atom. The van der Waals surface area contributed by atoms with Gasteiger partial charge in [-0.15, -0.1) is 0 Å². The number of aromatic nitrogens is 1. The Bertz CT molecular complexity index is 275. The second-order valence-electron chi connectivity index (χ2n) is 3.38. The van der Waals surface area contributed by atoms with E-state index in [1.165, 1.54) is 0 Å². The molecule has 1 rings (SSSR count). The van der Waals surface area contributed by atoms with Crippen LogP contribution in [0.2, 0.25) is 0 Å². The number of rotatable bonds is 3.